The molecule has 21 heavy (non-hydrogen) atoms. The molecule has 2 aliphatic rings. The van der Waals surface area contributed by atoms with Gasteiger partial charge in [-0.25, -0.2) is 0 Å². The summed E-state index contributed by atoms with van der Waals surface area (Å²) in [4.78, 5) is 0. The Hall–Kier alpha value is -1.90. The maximum atomic E-state index is 5.30. The van der Waals surface area contributed by atoms with Crippen LogP contribution < -0.4 is 0 Å². The molecule has 2 unspecified atom stereocenters. The highest BCUT2D eigenvalue weighted by Crippen LogP contribution is 2.31. The smallest absolute Gasteiger partial charge is 0.106 e. The molecule has 0 amide bonds. The predicted molar refractivity (Wildman–Crippen MR) is 83.8 cm³/mol. The topological polar surface area (TPSA) is 25.1 Å². The summed E-state index contributed by atoms with van der Waals surface area (Å²) in [5.41, 5.74) is 6.31. The summed E-state index contributed by atoms with van der Waals surface area (Å²) < 4.78 is 10.6. The summed E-state index contributed by atoms with van der Waals surface area (Å²) in [5, 5.41) is 0. The zero-order valence-electron chi connectivity index (χ0n) is 12.1. The predicted octanol–water partition coefficient (Wildman–Crippen LogP) is 4.39. The number of ether oxygens (including phenoxy) is 2. The molecular formula is C19H18O2. The van der Waals surface area contributed by atoms with Crippen molar-refractivity contribution in [1.29, 1.82) is 0 Å². The molecule has 0 saturated carbocycles. The molecule has 2 aromatic carbocycles. The van der Waals surface area contributed by atoms with Gasteiger partial charge in [0.25, 0.3) is 0 Å². The maximum Gasteiger partial charge on any atom is 0.106 e. The van der Waals surface area contributed by atoms with Crippen molar-refractivity contribution >= 4 is 11.6 Å². The van der Waals surface area contributed by atoms with Crippen LogP contribution in [0.1, 0.15) is 41.4 Å². The van der Waals surface area contributed by atoms with Crippen molar-refractivity contribution in [2.24, 2.45) is 0 Å². The molecule has 2 fully saturated rings. The SMILES string of the molecule is C/C(=C/c1ccc(C2CO2)cc1)c1ccc(C2CO2)cc1. The van der Waals surface area contributed by atoms with Gasteiger partial charge in [-0.15, -0.1) is 0 Å². The number of allylic oxidation sites excluding steroid dienone is 1. The lowest BCUT2D eigenvalue weighted by molar-refractivity contribution is 0.415. The quantitative estimate of drug-likeness (QED) is 0.612. The zero-order valence-corrected chi connectivity index (χ0v) is 12.1. The first-order valence-electron chi connectivity index (χ1n) is 7.41. The minimum absolute atomic E-state index is 0.334. The van der Waals surface area contributed by atoms with Gasteiger partial charge >= 0.3 is 0 Å². The van der Waals surface area contributed by atoms with E-state index in [2.05, 4.69) is 61.5 Å². The molecule has 2 heteroatoms. The van der Waals surface area contributed by atoms with E-state index in [4.69, 9.17) is 9.47 Å². The van der Waals surface area contributed by atoms with E-state index in [1.807, 2.05) is 0 Å². The minimum Gasteiger partial charge on any atom is -0.368 e. The molecule has 0 spiro atoms. The van der Waals surface area contributed by atoms with Crippen molar-refractivity contribution < 1.29 is 9.47 Å². The minimum atomic E-state index is 0.334. The van der Waals surface area contributed by atoms with Gasteiger partial charge in [0.2, 0.25) is 0 Å². The molecule has 4 rings (SSSR count). The van der Waals surface area contributed by atoms with Crippen molar-refractivity contribution in [2.75, 3.05) is 13.2 Å². The van der Waals surface area contributed by atoms with Crippen molar-refractivity contribution in [1.82, 2.24) is 0 Å². The molecular weight excluding hydrogens is 260 g/mol. The van der Waals surface area contributed by atoms with E-state index in [-0.39, 0.29) is 0 Å². The monoisotopic (exact) mass is 278 g/mol. The first-order valence-corrected chi connectivity index (χ1v) is 7.41. The number of epoxide rings is 2. The van der Waals surface area contributed by atoms with Crippen molar-refractivity contribution in [3.63, 3.8) is 0 Å². The van der Waals surface area contributed by atoms with Crippen molar-refractivity contribution in [2.45, 2.75) is 19.1 Å². The summed E-state index contributed by atoms with van der Waals surface area (Å²) in [5.74, 6) is 0. The fourth-order valence-electron chi connectivity index (χ4n) is 2.58. The second kappa shape index (κ2) is 5.14. The Morgan fingerprint density at radius 1 is 0.857 bits per heavy atom. The van der Waals surface area contributed by atoms with E-state index in [1.165, 1.54) is 27.8 Å². The Kier molecular flexibility index (Phi) is 3.13. The van der Waals surface area contributed by atoms with Gasteiger partial charge in [-0.2, -0.15) is 0 Å². The van der Waals surface area contributed by atoms with E-state index in [1.54, 1.807) is 0 Å². The lowest BCUT2D eigenvalue weighted by atomic mass is 10.0. The van der Waals surface area contributed by atoms with Gasteiger partial charge in [-0.3, -0.25) is 0 Å². The number of benzene rings is 2. The molecule has 0 bridgehead atoms. The molecule has 2 saturated heterocycles. The van der Waals surface area contributed by atoms with Crippen LogP contribution in [-0.4, -0.2) is 13.2 Å². The Bertz CT molecular complexity index is 660. The van der Waals surface area contributed by atoms with Crippen LogP contribution in [0, 0.1) is 0 Å². The van der Waals surface area contributed by atoms with Gasteiger partial charge in [0, 0.05) is 0 Å². The largest absolute Gasteiger partial charge is 0.368 e. The maximum absolute atomic E-state index is 5.30. The fourth-order valence-corrected chi connectivity index (χ4v) is 2.58. The van der Waals surface area contributed by atoms with Crippen LogP contribution in [0.4, 0.5) is 0 Å². The highest BCUT2D eigenvalue weighted by Gasteiger charge is 2.24. The average Bonchev–Trinajstić information content (AvgIpc) is 3.41. The number of hydrogen-bond donors (Lipinski definition) is 0. The standard InChI is InChI=1S/C19H18O2/c1-13(15-6-8-17(9-7-15)19-12-21-19)10-14-2-4-16(5-3-14)18-11-20-18/h2-10,18-19H,11-12H2,1H3/b13-10-. The molecule has 0 N–H and O–H groups in total. The van der Waals surface area contributed by atoms with Crippen molar-refractivity contribution in [3.8, 4) is 0 Å². The second-order valence-corrected chi connectivity index (χ2v) is 5.76. The van der Waals surface area contributed by atoms with Crippen molar-refractivity contribution in [3.05, 3.63) is 70.8 Å². The Morgan fingerprint density at radius 3 is 1.81 bits per heavy atom. The van der Waals surface area contributed by atoms with Crippen LogP contribution in [0.15, 0.2) is 48.5 Å². The van der Waals surface area contributed by atoms with E-state index in [0.29, 0.717) is 12.2 Å². The van der Waals surface area contributed by atoms with E-state index in [0.717, 1.165) is 13.2 Å². The van der Waals surface area contributed by atoms with Gasteiger partial charge in [-0.1, -0.05) is 54.6 Å². The van der Waals surface area contributed by atoms with Crippen LogP contribution in [-0.2, 0) is 9.47 Å². The third kappa shape index (κ3) is 2.92. The van der Waals surface area contributed by atoms with Gasteiger partial charge in [0.05, 0.1) is 13.2 Å². The van der Waals surface area contributed by atoms with E-state index < -0.39 is 0 Å². The lowest BCUT2D eigenvalue weighted by Crippen LogP contribution is -1.85. The Morgan fingerprint density at radius 2 is 1.33 bits per heavy atom. The molecule has 106 valence electrons. The Labute approximate surface area is 125 Å². The highest BCUT2D eigenvalue weighted by atomic mass is 16.6. The molecule has 0 aromatic heterocycles. The third-order valence-corrected chi connectivity index (χ3v) is 4.10. The van der Waals surface area contributed by atoms with Crippen LogP contribution >= 0.6 is 0 Å². The van der Waals surface area contributed by atoms with E-state index >= 15 is 0 Å². The van der Waals surface area contributed by atoms with Crippen LogP contribution in [0.3, 0.4) is 0 Å². The summed E-state index contributed by atoms with van der Waals surface area (Å²) in [6.45, 7) is 3.89. The van der Waals surface area contributed by atoms with Gasteiger partial charge in [0.1, 0.15) is 12.2 Å². The molecule has 2 aliphatic heterocycles. The summed E-state index contributed by atoms with van der Waals surface area (Å²) in [7, 11) is 0. The molecule has 2 heterocycles. The van der Waals surface area contributed by atoms with Gasteiger partial charge in [0.15, 0.2) is 0 Å². The van der Waals surface area contributed by atoms with Crippen LogP contribution in [0.5, 0.6) is 0 Å². The molecule has 2 atom stereocenters. The number of rotatable bonds is 4. The highest BCUT2D eigenvalue weighted by molar-refractivity contribution is 5.80. The first kappa shape index (κ1) is 12.8. The molecule has 0 radical (unpaired) electrons. The van der Waals surface area contributed by atoms with Gasteiger partial charge in [-0.05, 0) is 34.8 Å². The van der Waals surface area contributed by atoms with Crippen LogP contribution in [0.2, 0.25) is 0 Å². The van der Waals surface area contributed by atoms with Crippen LogP contribution in [0.25, 0.3) is 11.6 Å². The summed E-state index contributed by atoms with van der Waals surface area (Å²) in [6.07, 6.45) is 2.89. The lowest BCUT2D eigenvalue weighted by Gasteiger charge is -2.04. The summed E-state index contributed by atoms with van der Waals surface area (Å²) >= 11 is 0. The second-order valence-electron chi connectivity index (χ2n) is 5.76. The molecule has 2 aromatic rings. The zero-order chi connectivity index (χ0) is 14.2. The first-order chi connectivity index (χ1) is 10.3. The third-order valence-electron chi connectivity index (χ3n) is 4.10. The van der Waals surface area contributed by atoms with E-state index in [9.17, 15) is 0 Å². The fraction of sp³-hybridized carbons (Fsp3) is 0.263. The van der Waals surface area contributed by atoms with Gasteiger partial charge < -0.3 is 9.47 Å². The normalized spacial score (nSPS) is 24.0. The Balaban J connectivity index is 1.52. The average molecular weight is 278 g/mol. The number of hydrogen-bond acceptors (Lipinski definition) is 2. The molecule has 0 aliphatic carbocycles. The summed E-state index contributed by atoms with van der Waals surface area (Å²) in [6, 6.07) is 17.3. The molecule has 2 nitrogen and oxygen atoms in total.